The summed E-state index contributed by atoms with van der Waals surface area (Å²) in [7, 11) is 1.93. The summed E-state index contributed by atoms with van der Waals surface area (Å²) in [4.78, 5) is 4.42. The van der Waals surface area contributed by atoms with Gasteiger partial charge in [-0.1, -0.05) is 6.92 Å². The Morgan fingerprint density at radius 1 is 1.47 bits per heavy atom. The van der Waals surface area contributed by atoms with Crippen LogP contribution in [0.4, 0.5) is 0 Å². The number of rotatable bonds is 6. The Morgan fingerprint density at radius 2 is 2.26 bits per heavy atom. The predicted octanol–water partition coefficient (Wildman–Crippen LogP) is 1.08. The molecule has 0 aliphatic rings. The second-order valence-electron chi connectivity index (χ2n) is 4.77. The minimum atomic E-state index is 0.0340. The molecular formula is C13H22N6. The Hall–Kier alpha value is -1.66. The number of nitrogens with two attached hydrogens (primary N) is 1. The molecule has 2 rings (SSSR count). The number of hydrazine groups is 1. The number of nitrogens with one attached hydrogen (secondary N) is 1. The Labute approximate surface area is 113 Å². The third kappa shape index (κ3) is 2.85. The van der Waals surface area contributed by atoms with Crippen molar-refractivity contribution in [2.75, 3.05) is 0 Å². The van der Waals surface area contributed by atoms with Gasteiger partial charge < -0.3 is 4.57 Å². The van der Waals surface area contributed by atoms with Crippen molar-refractivity contribution in [2.24, 2.45) is 12.9 Å². The van der Waals surface area contributed by atoms with Crippen LogP contribution in [-0.2, 0) is 20.0 Å². The highest BCUT2D eigenvalue weighted by atomic mass is 15.3. The van der Waals surface area contributed by atoms with Crippen LogP contribution in [0.15, 0.2) is 18.6 Å². The van der Waals surface area contributed by atoms with Crippen LogP contribution in [0.2, 0.25) is 0 Å². The summed E-state index contributed by atoms with van der Waals surface area (Å²) in [5.74, 6) is 6.75. The van der Waals surface area contributed by atoms with Gasteiger partial charge in [-0.2, -0.15) is 5.10 Å². The Morgan fingerprint density at radius 3 is 2.84 bits per heavy atom. The molecule has 6 nitrogen and oxygen atoms in total. The van der Waals surface area contributed by atoms with Crippen molar-refractivity contribution >= 4 is 0 Å². The summed E-state index contributed by atoms with van der Waals surface area (Å²) in [6.07, 6.45) is 7.58. The van der Waals surface area contributed by atoms with Gasteiger partial charge in [0.15, 0.2) is 0 Å². The van der Waals surface area contributed by atoms with Gasteiger partial charge in [0.25, 0.3) is 0 Å². The zero-order valence-corrected chi connectivity index (χ0v) is 11.8. The predicted molar refractivity (Wildman–Crippen MR) is 74.2 cm³/mol. The van der Waals surface area contributed by atoms with Crippen molar-refractivity contribution in [3.63, 3.8) is 0 Å². The van der Waals surface area contributed by atoms with Crippen LogP contribution in [0, 0.1) is 6.92 Å². The van der Waals surface area contributed by atoms with Gasteiger partial charge in [-0.05, 0) is 13.3 Å². The van der Waals surface area contributed by atoms with Crippen LogP contribution in [0.1, 0.15) is 36.5 Å². The summed E-state index contributed by atoms with van der Waals surface area (Å²) < 4.78 is 4.04. The molecule has 0 aliphatic heterocycles. The average molecular weight is 262 g/mol. The molecule has 104 valence electrons. The molecule has 0 aliphatic carbocycles. The fourth-order valence-corrected chi connectivity index (χ4v) is 2.27. The maximum Gasteiger partial charge on any atom is 0.110 e. The minimum Gasteiger partial charge on any atom is -0.335 e. The maximum absolute atomic E-state index is 5.70. The first-order chi connectivity index (χ1) is 9.17. The van der Waals surface area contributed by atoms with E-state index in [2.05, 4.69) is 27.0 Å². The lowest BCUT2D eigenvalue weighted by atomic mass is 10.1. The molecule has 0 aromatic carbocycles. The number of imidazole rings is 1. The van der Waals surface area contributed by atoms with E-state index in [-0.39, 0.29) is 6.04 Å². The molecule has 0 bridgehead atoms. The van der Waals surface area contributed by atoms with Gasteiger partial charge >= 0.3 is 0 Å². The smallest absolute Gasteiger partial charge is 0.110 e. The van der Waals surface area contributed by atoms with E-state index in [1.165, 1.54) is 0 Å². The first kappa shape index (κ1) is 13.8. The molecular weight excluding hydrogens is 240 g/mol. The summed E-state index contributed by atoms with van der Waals surface area (Å²) in [5.41, 5.74) is 5.12. The first-order valence-electron chi connectivity index (χ1n) is 6.62. The van der Waals surface area contributed by atoms with Crippen LogP contribution in [0.5, 0.6) is 0 Å². The molecule has 2 aromatic heterocycles. The van der Waals surface area contributed by atoms with Gasteiger partial charge in [0.05, 0.1) is 12.2 Å². The maximum atomic E-state index is 5.70. The Kier molecular flexibility index (Phi) is 4.34. The lowest BCUT2D eigenvalue weighted by Gasteiger charge is -2.16. The summed E-state index contributed by atoms with van der Waals surface area (Å²) in [6, 6.07) is 0.0340. The average Bonchev–Trinajstić information content (AvgIpc) is 2.97. The normalized spacial score (nSPS) is 12.8. The number of hydrogen-bond donors (Lipinski definition) is 2. The van der Waals surface area contributed by atoms with Crippen molar-refractivity contribution in [3.05, 3.63) is 35.7 Å². The monoisotopic (exact) mass is 262 g/mol. The highest BCUT2D eigenvalue weighted by molar-refractivity contribution is 5.21. The third-order valence-corrected chi connectivity index (χ3v) is 3.50. The molecule has 3 N–H and O–H groups in total. The van der Waals surface area contributed by atoms with E-state index in [9.17, 15) is 0 Å². The van der Waals surface area contributed by atoms with E-state index in [1.54, 1.807) is 0 Å². The second kappa shape index (κ2) is 5.99. The van der Waals surface area contributed by atoms with E-state index in [0.717, 1.165) is 36.5 Å². The van der Waals surface area contributed by atoms with E-state index >= 15 is 0 Å². The highest BCUT2D eigenvalue weighted by Crippen LogP contribution is 2.20. The largest absolute Gasteiger partial charge is 0.335 e. The summed E-state index contributed by atoms with van der Waals surface area (Å²) >= 11 is 0. The lowest BCUT2D eigenvalue weighted by Crippen LogP contribution is -2.30. The molecule has 2 heterocycles. The molecule has 1 unspecified atom stereocenters. The van der Waals surface area contributed by atoms with Crippen LogP contribution >= 0.6 is 0 Å². The highest BCUT2D eigenvalue weighted by Gasteiger charge is 2.18. The zero-order chi connectivity index (χ0) is 13.8. The van der Waals surface area contributed by atoms with Gasteiger partial charge in [0, 0.05) is 43.7 Å². The molecule has 6 heteroatoms. The molecule has 1 atom stereocenters. The fourth-order valence-electron chi connectivity index (χ4n) is 2.27. The van der Waals surface area contributed by atoms with Crippen LogP contribution < -0.4 is 11.3 Å². The van der Waals surface area contributed by atoms with Crippen molar-refractivity contribution in [1.29, 1.82) is 0 Å². The molecule has 0 radical (unpaired) electrons. The molecule has 0 saturated carbocycles. The molecule has 0 spiro atoms. The van der Waals surface area contributed by atoms with E-state index < -0.39 is 0 Å². The molecule has 2 aromatic rings. The van der Waals surface area contributed by atoms with Gasteiger partial charge in [-0.25, -0.2) is 4.98 Å². The van der Waals surface area contributed by atoms with E-state index in [0.29, 0.717) is 0 Å². The SMILES string of the molecule is CCCn1ccnc1CC(NN)c1cnn(C)c1C. The van der Waals surface area contributed by atoms with Crippen LogP contribution in [-0.4, -0.2) is 19.3 Å². The lowest BCUT2D eigenvalue weighted by molar-refractivity contribution is 0.514. The Bertz CT molecular complexity index is 527. The van der Waals surface area contributed by atoms with E-state index in [4.69, 9.17) is 5.84 Å². The second-order valence-corrected chi connectivity index (χ2v) is 4.77. The summed E-state index contributed by atoms with van der Waals surface area (Å²) in [5, 5.41) is 4.27. The van der Waals surface area contributed by atoms with Crippen LogP contribution in [0.3, 0.4) is 0 Å². The topological polar surface area (TPSA) is 73.7 Å². The van der Waals surface area contributed by atoms with Crippen LogP contribution in [0.25, 0.3) is 0 Å². The third-order valence-electron chi connectivity index (χ3n) is 3.50. The van der Waals surface area contributed by atoms with Gasteiger partial charge in [0.2, 0.25) is 0 Å². The molecule has 0 amide bonds. The fraction of sp³-hybridized carbons (Fsp3) is 0.538. The van der Waals surface area contributed by atoms with Gasteiger partial charge in [0.1, 0.15) is 5.82 Å². The minimum absolute atomic E-state index is 0.0340. The molecule has 0 saturated heterocycles. The first-order valence-corrected chi connectivity index (χ1v) is 6.62. The number of aromatic nitrogens is 4. The van der Waals surface area contributed by atoms with Gasteiger partial charge in [-0.15, -0.1) is 0 Å². The zero-order valence-electron chi connectivity index (χ0n) is 11.8. The number of hydrogen-bond acceptors (Lipinski definition) is 4. The van der Waals surface area contributed by atoms with Crippen molar-refractivity contribution < 1.29 is 0 Å². The quantitative estimate of drug-likeness (QED) is 0.603. The van der Waals surface area contributed by atoms with Crippen molar-refractivity contribution in [2.45, 2.75) is 39.3 Å². The standard InChI is InChI=1S/C13H22N6/c1-4-6-19-7-5-15-13(19)8-12(17-14)11-9-16-18(3)10(11)2/h5,7,9,12,17H,4,6,8,14H2,1-3H3. The van der Waals surface area contributed by atoms with Crippen molar-refractivity contribution in [3.8, 4) is 0 Å². The van der Waals surface area contributed by atoms with Gasteiger partial charge in [-0.3, -0.25) is 16.0 Å². The van der Waals surface area contributed by atoms with E-state index in [1.807, 2.05) is 37.2 Å². The summed E-state index contributed by atoms with van der Waals surface area (Å²) in [6.45, 7) is 5.19. The van der Waals surface area contributed by atoms with Crippen molar-refractivity contribution in [1.82, 2.24) is 24.8 Å². The number of aryl methyl sites for hydroxylation is 2. The molecule has 19 heavy (non-hydrogen) atoms. The number of nitrogens with zero attached hydrogens (tertiary/aromatic N) is 4. The molecule has 0 fully saturated rings. The Balaban J connectivity index is 2.19.